The van der Waals surface area contributed by atoms with Crippen LogP contribution in [0.1, 0.15) is 59.4 Å². The van der Waals surface area contributed by atoms with Gasteiger partial charge in [0, 0.05) is 24.3 Å². The molecule has 0 aromatic heterocycles. The average Bonchev–Trinajstić information content (AvgIpc) is 2.81. The fourth-order valence-corrected chi connectivity index (χ4v) is 7.58. The van der Waals surface area contributed by atoms with Gasteiger partial charge >= 0.3 is 0 Å². The van der Waals surface area contributed by atoms with Crippen LogP contribution in [0.3, 0.4) is 0 Å². The fourth-order valence-electron chi connectivity index (χ4n) is 7.41. The van der Waals surface area contributed by atoms with Crippen molar-refractivity contribution < 1.29 is 29.6 Å². The van der Waals surface area contributed by atoms with Gasteiger partial charge in [-0.05, 0) is 49.9 Å². The quantitative estimate of drug-likeness (QED) is 0.357. The summed E-state index contributed by atoms with van der Waals surface area (Å²) >= 11 is 5.50. The van der Waals surface area contributed by atoms with Crippen LogP contribution in [0.4, 0.5) is 0 Å². The van der Waals surface area contributed by atoms with Gasteiger partial charge in [0.2, 0.25) is 0 Å². The third-order valence-electron chi connectivity index (χ3n) is 9.24. The summed E-state index contributed by atoms with van der Waals surface area (Å²) < 4.78 is 12.7. The van der Waals surface area contributed by atoms with Gasteiger partial charge in [-0.25, -0.2) is 0 Å². The van der Waals surface area contributed by atoms with Crippen LogP contribution in [-0.2, 0) is 20.8 Å². The molecule has 2 aliphatic carbocycles. The van der Waals surface area contributed by atoms with E-state index >= 15 is 0 Å². The number of thiocarbonyl (C=S) groups is 1. The number of aliphatic hydroxyl groups is 3. The normalized spacial score (nSPS) is 43.6. The maximum atomic E-state index is 13.9. The Morgan fingerprint density at radius 2 is 1.86 bits per heavy atom. The molecule has 4 rings (SSSR count). The summed E-state index contributed by atoms with van der Waals surface area (Å²) in [5.74, 6) is -1.14. The first-order valence-electron chi connectivity index (χ1n) is 12.6. The molecule has 8 atom stereocenters. The molecule has 0 spiro atoms. The Morgan fingerprint density at radius 1 is 1.22 bits per heavy atom. The molecule has 1 aromatic carbocycles. The highest BCUT2D eigenvalue weighted by molar-refractivity contribution is 7.80. The van der Waals surface area contributed by atoms with Crippen LogP contribution in [0.2, 0.25) is 0 Å². The van der Waals surface area contributed by atoms with Crippen LogP contribution in [0.5, 0.6) is 0 Å². The second-order valence-corrected chi connectivity index (χ2v) is 12.4. The molecule has 2 saturated carbocycles. The van der Waals surface area contributed by atoms with E-state index in [4.69, 9.17) is 21.7 Å². The molecule has 0 bridgehead atoms. The smallest absolute Gasteiger partial charge is 0.257 e. The Labute approximate surface area is 218 Å². The van der Waals surface area contributed by atoms with Crippen LogP contribution in [0.25, 0.3) is 0 Å². The second kappa shape index (κ2) is 8.88. The van der Waals surface area contributed by atoms with Crippen molar-refractivity contribution in [3.05, 3.63) is 48.6 Å². The lowest BCUT2D eigenvalue weighted by Crippen LogP contribution is -2.86. The van der Waals surface area contributed by atoms with Gasteiger partial charge in [-0.1, -0.05) is 57.2 Å². The highest BCUT2D eigenvalue weighted by Crippen LogP contribution is 2.67. The van der Waals surface area contributed by atoms with Crippen LogP contribution >= 0.6 is 12.2 Å². The molecule has 0 radical (unpaired) electrons. The molecule has 1 aromatic rings. The van der Waals surface area contributed by atoms with Crippen molar-refractivity contribution >= 4 is 23.2 Å². The largest absolute Gasteiger partial charge is 0.462 e. The van der Waals surface area contributed by atoms with Gasteiger partial charge in [-0.2, -0.15) is 0 Å². The van der Waals surface area contributed by atoms with Crippen molar-refractivity contribution in [1.82, 2.24) is 5.32 Å². The third kappa shape index (κ3) is 3.76. The summed E-state index contributed by atoms with van der Waals surface area (Å²) in [5, 5.41) is 38.8. The minimum Gasteiger partial charge on any atom is -0.462 e. The maximum absolute atomic E-state index is 13.9. The number of nitrogens with one attached hydrogen (secondary N) is 1. The first-order valence-corrected chi connectivity index (χ1v) is 13.0. The first-order chi connectivity index (χ1) is 16.7. The third-order valence-corrected chi connectivity index (χ3v) is 9.48. The molecule has 36 heavy (non-hydrogen) atoms. The molecule has 198 valence electrons. The number of carbonyl (C=O) groups excluding carboxylic acids is 1. The van der Waals surface area contributed by atoms with E-state index in [1.165, 1.54) is 6.08 Å². The molecule has 8 heteroatoms. The molecule has 4 N–H and O–H groups in total. The molecule has 1 saturated heterocycles. The number of ketones is 1. The lowest BCUT2D eigenvalue weighted by Gasteiger charge is -2.71. The Bertz CT molecular complexity index is 1050. The molecule has 1 aliphatic heterocycles. The number of aliphatic hydroxyl groups excluding tert-OH is 2. The Balaban J connectivity index is 1.79. The highest BCUT2D eigenvalue weighted by Gasteiger charge is 2.81. The van der Waals surface area contributed by atoms with Gasteiger partial charge in [0.15, 0.2) is 17.5 Å². The van der Waals surface area contributed by atoms with Gasteiger partial charge < -0.3 is 30.1 Å². The standard InChI is InChI=1S/C28H39NO6S/c1-7-25(4)15-19(31)28(33)26(5)18(30)13-14-24(2,3)21(26)20(32)22(27(28,6)35-25)34-23(36)29-16-17-11-9-8-10-12-17/h7-12,18,20-22,30,32-33H,1,13-16H2,2-6H3,(H,29,36)/t18-,20-,21-,22-,25-,26-,27+,28-/m0/s1. The monoisotopic (exact) mass is 517 g/mol. The number of hydrogen-bond acceptors (Lipinski definition) is 7. The van der Waals surface area contributed by atoms with E-state index in [2.05, 4.69) is 11.9 Å². The minimum atomic E-state index is -2.15. The zero-order chi connectivity index (χ0) is 26.7. The SMILES string of the molecule is C=C[C@@]1(C)CC(=O)[C@]2(O)[C@@]3(C)[C@@H](O)CCC(C)(C)[C@@H]3[C@H](O)[C@H](OC(=S)NCc3ccccc3)[C@@]2(C)O1. The molecule has 0 amide bonds. The Morgan fingerprint density at radius 3 is 2.47 bits per heavy atom. The van der Waals surface area contributed by atoms with E-state index in [1.807, 2.05) is 44.2 Å². The molecular formula is C28H39NO6S. The van der Waals surface area contributed by atoms with Crippen LogP contribution < -0.4 is 5.32 Å². The van der Waals surface area contributed by atoms with E-state index in [1.54, 1.807) is 20.8 Å². The van der Waals surface area contributed by atoms with Gasteiger partial charge in [0.25, 0.3) is 5.17 Å². The molecule has 3 fully saturated rings. The van der Waals surface area contributed by atoms with Crippen molar-refractivity contribution in [3.8, 4) is 0 Å². The molecular weight excluding hydrogens is 478 g/mol. The zero-order valence-electron chi connectivity index (χ0n) is 21.8. The minimum absolute atomic E-state index is 0.0196. The number of rotatable bonds is 4. The van der Waals surface area contributed by atoms with Gasteiger partial charge in [0.1, 0.15) is 5.60 Å². The van der Waals surface area contributed by atoms with Gasteiger partial charge in [-0.15, -0.1) is 6.58 Å². The number of ether oxygens (including phenoxy) is 2. The number of Topliss-reactive ketones (excluding diaryl/α,β-unsaturated/α-hetero) is 1. The Hall–Kier alpha value is -1.84. The highest BCUT2D eigenvalue weighted by atomic mass is 32.1. The Kier molecular flexibility index (Phi) is 6.71. The van der Waals surface area contributed by atoms with Crippen molar-refractivity contribution in [1.29, 1.82) is 0 Å². The summed E-state index contributed by atoms with van der Waals surface area (Å²) in [7, 11) is 0. The van der Waals surface area contributed by atoms with E-state index in [0.717, 1.165) is 5.56 Å². The fraction of sp³-hybridized carbons (Fsp3) is 0.643. The van der Waals surface area contributed by atoms with Gasteiger partial charge in [0.05, 0.1) is 17.8 Å². The van der Waals surface area contributed by atoms with E-state index in [-0.39, 0.29) is 11.6 Å². The number of fused-ring (bicyclic) bond motifs is 3. The van der Waals surface area contributed by atoms with Crippen molar-refractivity contribution in [2.45, 2.75) is 95.5 Å². The summed E-state index contributed by atoms with van der Waals surface area (Å²) in [6, 6.07) is 9.65. The summed E-state index contributed by atoms with van der Waals surface area (Å²) in [6.07, 6.45) is -0.996. The lowest BCUT2D eigenvalue weighted by molar-refractivity contribution is -0.367. The molecule has 3 aliphatic rings. The van der Waals surface area contributed by atoms with Crippen molar-refractivity contribution in [3.63, 3.8) is 0 Å². The number of carbonyl (C=O) groups is 1. The second-order valence-electron chi connectivity index (χ2n) is 12.0. The van der Waals surface area contributed by atoms with E-state index < -0.39 is 57.6 Å². The average molecular weight is 518 g/mol. The first kappa shape index (κ1) is 27.2. The van der Waals surface area contributed by atoms with Crippen molar-refractivity contribution in [2.75, 3.05) is 0 Å². The van der Waals surface area contributed by atoms with Crippen LogP contribution in [0, 0.1) is 16.7 Å². The topological polar surface area (TPSA) is 108 Å². The summed E-state index contributed by atoms with van der Waals surface area (Å²) in [5.41, 5.74) is -5.89. The summed E-state index contributed by atoms with van der Waals surface area (Å²) in [4.78, 5) is 13.9. The van der Waals surface area contributed by atoms with Crippen LogP contribution in [-0.4, -0.2) is 61.4 Å². The van der Waals surface area contributed by atoms with Crippen molar-refractivity contribution in [2.24, 2.45) is 16.7 Å². The maximum Gasteiger partial charge on any atom is 0.257 e. The van der Waals surface area contributed by atoms with Gasteiger partial charge in [-0.3, -0.25) is 4.79 Å². The summed E-state index contributed by atoms with van der Waals surface area (Å²) in [6.45, 7) is 13.2. The number of hydrogen-bond donors (Lipinski definition) is 4. The predicted octanol–water partition coefficient (Wildman–Crippen LogP) is 3.05. The number of benzene rings is 1. The molecule has 0 unspecified atom stereocenters. The van der Waals surface area contributed by atoms with E-state index in [9.17, 15) is 20.1 Å². The molecule has 7 nitrogen and oxygen atoms in total. The van der Waals surface area contributed by atoms with Crippen LogP contribution in [0.15, 0.2) is 43.0 Å². The lowest BCUT2D eigenvalue weighted by atomic mass is 9.40. The zero-order valence-corrected chi connectivity index (χ0v) is 22.6. The predicted molar refractivity (Wildman–Crippen MR) is 140 cm³/mol. The van der Waals surface area contributed by atoms with E-state index in [0.29, 0.717) is 19.4 Å². The molecule has 1 heterocycles.